The van der Waals surface area contributed by atoms with Crippen molar-refractivity contribution in [2.24, 2.45) is 0 Å². The Morgan fingerprint density at radius 3 is 2.65 bits per heavy atom. The molecule has 17 heavy (non-hydrogen) atoms. The lowest BCUT2D eigenvalue weighted by molar-refractivity contribution is 0.467. The highest BCUT2D eigenvalue weighted by molar-refractivity contribution is 7.10. The normalized spacial score (nSPS) is 10.6. The second-order valence-electron chi connectivity index (χ2n) is 3.90. The zero-order chi connectivity index (χ0) is 12.3. The molecule has 0 spiro atoms. The summed E-state index contributed by atoms with van der Waals surface area (Å²) in [4.78, 5) is 12.5. The van der Waals surface area contributed by atoms with E-state index in [1.54, 1.807) is 3.96 Å². The molecule has 2 rings (SSSR count). The van der Waals surface area contributed by atoms with Crippen molar-refractivity contribution < 1.29 is 5.11 Å². The number of aromatic nitrogens is 1. The van der Waals surface area contributed by atoms with E-state index in [1.165, 1.54) is 11.5 Å². The van der Waals surface area contributed by atoms with E-state index in [9.17, 15) is 9.90 Å². The van der Waals surface area contributed by atoms with Gasteiger partial charge < -0.3 is 5.11 Å². The fourth-order valence-electron chi connectivity index (χ4n) is 1.64. The summed E-state index contributed by atoms with van der Waals surface area (Å²) < 4.78 is 1.63. The highest BCUT2D eigenvalue weighted by Crippen LogP contribution is 2.31. The number of benzene rings is 1. The molecule has 0 saturated heterocycles. The largest absolute Gasteiger partial charge is 0.502 e. The molecule has 1 aromatic heterocycles. The molecule has 1 aromatic carbocycles. The van der Waals surface area contributed by atoms with Crippen molar-refractivity contribution in [3.63, 3.8) is 0 Å². The van der Waals surface area contributed by atoms with Gasteiger partial charge in [-0.1, -0.05) is 55.2 Å². The molecule has 1 heterocycles. The molecule has 90 valence electrons. The Morgan fingerprint density at radius 2 is 2.00 bits per heavy atom. The molecule has 0 atom stereocenters. The van der Waals surface area contributed by atoms with Crippen molar-refractivity contribution in [3.8, 4) is 16.2 Å². The molecule has 0 bridgehead atoms. The van der Waals surface area contributed by atoms with Crippen molar-refractivity contribution in [1.82, 2.24) is 3.96 Å². The molecule has 0 aliphatic rings. The van der Waals surface area contributed by atoms with Gasteiger partial charge in [-0.05, 0) is 12.0 Å². The van der Waals surface area contributed by atoms with E-state index in [-0.39, 0.29) is 11.3 Å². The second-order valence-corrected chi connectivity index (χ2v) is 4.93. The van der Waals surface area contributed by atoms with Crippen LogP contribution in [-0.2, 0) is 6.54 Å². The number of aromatic hydroxyl groups is 1. The zero-order valence-corrected chi connectivity index (χ0v) is 10.5. The number of hydrogen-bond acceptors (Lipinski definition) is 3. The van der Waals surface area contributed by atoms with Crippen molar-refractivity contribution in [1.29, 1.82) is 0 Å². The van der Waals surface area contributed by atoms with Gasteiger partial charge in [0.2, 0.25) is 5.75 Å². The van der Waals surface area contributed by atoms with Crippen molar-refractivity contribution in [3.05, 3.63) is 40.7 Å². The average molecular weight is 249 g/mol. The van der Waals surface area contributed by atoms with Gasteiger partial charge >= 0.3 is 5.56 Å². The molecule has 0 aliphatic heterocycles. The summed E-state index contributed by atoms with van der Waals surface area (Å²) in [6.07, 6.45) is 1.99. The first-order valence-electron chi connectivity index (χ1n) is 5.72. The van der Waals surface area contributed by atoms with Gasteiger partial charge in [0, 0.05) is 6.54 Å². The van der Waals surface area contributed by atoms with E-state index in [0.717, 1.165) is 18.4 Å². The van der Waals surface area contributed by atoms with Gasteiger partial charge in [-0.15, -0.1) is 0 Å². The smallest absolute Gasteiger partial charge is 0.303 e. The lowest BCUT2D eigenvalue weighted by Gasteiger charge is -1.97. The van der Waals surface area contributed by atoms with Crippen LogP contribution < -0.4 is 5.56 Å². The van der Waals surface area contributed by atoms with Gasteiger partial charge in [-0.3, -0.25) is 8.75 Å². The van der Waals surface area contributed by atoms with Crippen LogP contribution in [-0.4, -0.2) is 9.06 Å². The van der Waals surface area contributed by atoms with E-state index < -0.39 is 0 Å². The van der Waals surface area contributed by atoms with Crippen molar-refractivity contribution in [2.75, 3.05) is 0 Å². The third kappa shape index (κ3) is 2.42. The quantitative estimate of drug-likeness (QED) is 0.904. The first kappa shape index (κ1) is 11.9. The van der Waals surface area contributed by atoms with Crippen LogP contribution in [0.1, 0.15) is 19.8 Å². The van der Waals surface area contributed by atoms with Crippen LogP contribution in [0.5, 0.6) is 5.75 Å². The Bertz CT molecular complexity index is 542. The number of unbranched alkanes of at least 4 members (excludes halogenated alkanes) is 1. The Balaban J connectivity index is 2.40. The first-order chi connectivity index (χ1) is 8.24. The van der Waals surface area contributed by atoms with E-state index in [2.05, 4.69) is 6.92 Å². The summed E-state index contributed by atoms with van der Waals surface area (Å²) in [5, 5.41) is 9.85. The van der Waals surface area contributed by atoms with Crippen LogP contribution in [0, 0.1) is 0 Å². The summed E-state index contributed by atoms with van der Waals surface area (Å²) in [6, 6.07) is 9.51. The van der Waals surface area contributed by atoms with Gasteiger partial charge in [0.1, 0.15) is 0 Å². The lowest BCUT2D eigenvalue weighted by Crippen LogP contribution is -2.12. The molecule has 0 aliphatic carbocycles. The summed E-state index contributed by atoms with van der Waals surface area (Å²) >= 11 is 1.33. The molecule has 0 radical (unpaired) electrons. The number of aryl methyl sites for hydroxylation is 1. The minimum Gasteiger partial charge on any atom is -0.502 e. The summed E-state index contributed by atoms with van der Waals surface area (Å²) in [5.41, 5.74) is 0.615. The number of nitrogens with zero attached hydrogens (tertiary/aromatic N) is 1. The number of hydrogen-bond donors (Lipinski definition) is 1. The Kier molecular flexibility index (Phi) is 3.64. The van der Waals surface area contributed by atoms with E-state index >= 15 is 0 Å². The number of rotatable bonds is 4. The molecular formula is C13H15NO2S. The van der Waals surface area contributed by atoms with Gasteiger partial charge in [-0.25, -0.2) is 0 Å². The average Bonchev–Trinajstić information content (AvgIpc) is 2.65. The highest BCUT2D eigenvalue weighted by Gasteiger charge is 2.14. The maximum absolute atomic E-state index is 11.8. The Morgan fingerprint density at radius 1 is 1.29 bits per heavy atom. The third-order valence-corrected chi connectivity index (χ3v) is 3.78. The summed E-state index contributed by atoms with van der Waals surface area (Å²) in [6.45, 7) is 2.76. The van der Waals surface area contributed by atoms with Gasteiger partial charge in [0.25, 0.3) is 0 Å². The van der Waals surface area contributed by atoms with Gasteiger partial charge in [-0.2, -0.15) is 0 Å². The SMILES string of the molecule is CCCCn1sc(-c2ccccc2)c(O)c1=O. The molecule has 3 nitrogen and oxygen atoms in total. The minimum atomic E-state index is -0.276. The first-order valence-corrected chi connectivity index (χ1v) is 6.50. The fourth-order valence-corrected chi connectivity index (χ4v) is 2.66. The molecule has 0 fully saturated rings. The molecule has 0 amide bonds. The summed E-state index contributed by atoms with van der Waals surface area (Å²) in [7, 11) is 0. The monoisotopic (exact) mass is 249 g/mol. The van der Waals surface area contributed by atoms with Crippen LogP contribution in [0.25, 0.3) is 10.4 Å². The van der Waals surface area contributed by atoms with Crippen LogP contribution in [0.15, 0.2) is 35.1 Å². The molecule has 2 aromatic rings. The van der Waals surface area contributed by atoms with Crippen molar-refractivity contribution in [2.45, 2.75) is 26.3 Å². The molecular weight excluding hydrogens is 234 g/mol. The van der Waals surface area contributed by atoms with Crippen LogP contribution in [0.2, 0.25) is 0 Å². The van der Waals surface area contributed by atoms with Crippen molar-refractivity contribution >= 4 is 11.5 Å². The topological polar surface area (TPSA) is 42.2 Å². The van der Waals surface area contributed by atoms with Gasteiger partial charge in [0.15, 0.2) is 0 Å². The van der Waals surface area contributed by atoms with Crippen LogP contribution in [0.4, 0.5) is 0 Å². The molecule has 4 heteroatoms. The molecule has 1 N–H and O–H groups in total. The van der Waals surface area contributed by atoms with Crippen LogP contribution >= 0.6 is 11.5 Å². The minimum absolute atomic E-state index is 0.127. The molecule has 0 unspecified atom stereocenters. The maximum atomic E-state index is 11.8. The highest BCUT2D eigenvalue weighted by atomic mass is 32.1. The molecule has 0 saturated carbocycles. The van der Waals surface area contributed by atoms with E-state index in [1.807, 2.05) is 30.3 Å². The Hall–Kier alpha value is -1.55. The fraction of sp³-hybridized carbons (Fsp3) is 0.308. The van der Waals surface area contributed by atoms with E-state index in [0.29, 0.717) is 11.4 Å². The van der Waals surface area contributed by atoms with E-state index in [4.69, 9.17) is 0 Å². The second kappa shape index (κ2) is 5.19. The zero-order valence-electron chi connectivity index (χ0n) is 9.72. The Labute approximate surface area is 104 Å². The maximum Gasteiger partial charge on any atom is 0.303 e. The predicted molar refractivity (Wildman–Crippen MR) is 70.6 cm³/mol. The lowest BCUT2D eigenvalue weighted by atomic mass is 10.2. The van der Waals surface area contributed by atoms with Crippen LogP contribution in [0.3, 0.4) is 0 Å². The standard InChI is InChI=1S/C13H15NO2S/c1-2-3-9-14-13(16)11(15)12(17-14)10-7-5-4-6-8-10/h4-8,15H,2-3,9H2,1H3. The van der Waals surface area contributed by atoms with Gasteiger partial charge in [0.05, 0.1) is 4.88 Å². The third-order valence-electron chi connectivity index (χ3n) is 2.60. The summed E-state index contributed by atoms with van der Waals surface area (Å²) in [5.74, 6) is -0.127. The predicted octanol–water partition coefficient (Wildman–Crippen LogP) is 3.08.